The maximum absolute atomic E-state index is 13.8. The predicted molar refractivity (Wildman–Crippen MR) is 143 cm³/mol. The number of esters is 1. The van der Waals surface area contributed by atoms with E-state index in [1.165, 1.54) is 32.0 Å². The number of aliphatic hydroxyl groups excluding tert-OH is 1. The highest BCUT2D eigenvalue weighted by Gasteiger charge is 2.55. The molecule has 2 aromatic rings. The number of rotatable bonds is 11. The van der Waals surface area contributed by atoms with Gasteiger partial charge in [0.15, 0.2) is 6.23 Å². The topological polar surface area (TPSA) is 207 Å². The van der Waals surface area contributed by atoms with E-state index in [0.717, 1.165) is 16.8 Å². The molecule has 1 unspecified atom stereocenters. The summed E-state index contributed by atoms with van der Waals surface area (Å²) in [5.41, 5.74) is 5.80. The molecule has 1 aromatic heterocycles. The first kappa shape index (κ1) is 31.7. The van der Waals surface area contributed by atoms with Crippen molar-refractivity contribution in [3.8, 4) is 5.75 Å². The van der Waals surface area contributed by atoms with Gasteiger partial charge >= 0.3 is 19.4 Å². The Morgan fingerprint density at radius 3 is 2.62 bits per heavy atom. The molecule has 1 aliphatic heterocycles. The maximum Gasteiger partial charge on any atom is 0.459 e. The van der Waals surface area contributed by atoms with E-state index >= 15 is 0 Å². The zero-order valence-corrected chi connectivity index (χ0v) is 24.1. The van der Waals surface area contributed by atoms with Crippen molar-refractivity contribution in [1.29, 1.82) is 0 Å². The summed E-state index contributed by atoms with van der Waals surface area (Å²) in [5.74, 6) is -0.777. The molecular weight excluding hydrogens is 594 g/mol. The lowest BCUT2D eigenvalue weighted by Gasteiger charge is -2.28. The second-order valence-corrected chi connectivity index (χ2v) is 11.7. The predicted octanol–water partition coefficient (Wildman–Crippen LogP) is 3.30. The summed E-state index contributed by atoms with van der Waals surface area (Å²) in [6, 6.07) is 3.89. The second kappa shape index (κ2) is 12.8. The molecule has 18 heteroatoms. The second-order valence-electron chi connectivity index (χ2n) is 9.20. The lowest BCUT2D eigenvalue weighted by Crippen LogP contribution is -2.45. The first-order valence-corrected chi connectivity index (χ1v) is 14.1. The Labute approximate surface area is 237 Å². The largest absolute Gasteiger partial charge is 0.462 e. The summed E-state index contributed by atoms with van der Waals surface area (Å²) < 4.78 is 36.8. The fraction of sp³-hybridized carbons (Fsp3) is 0.500. The van der Waals surface area contributed by atoms with Gasteiger partial charge in [0.05, 0.1) is 28.9 Å². The van der Waals surface area contributed by atoms with Crippen molar-refractivity contribution in [2.75, 3.05) is 6.61 Å². The Kier molecular flexibility index (Phi) is 10.1. The van der Waals surface area contributed by atoms with Crippen molar-refractivity contribution in [2.45, 2.75) is 63.8 Å². The van der Waals surface area contributed by atoms with Gasteiger partial charge in [-0.1, -0.05) is 28.3 Å². The summed E-state index contributed by atoms with van der Waals surface area (Å²) in [6.07, 6.45) is -3.66. The number of H-pyrrole nitrogens is 1. The zero-order chi connectivity index (χ0) is 29.8. The van der Waals surface area contributed by atoms with E-state index in [4.69, 9.17) is 47.3 Å². The fourth-order valence-corrected chi connectivity index (χ4v) is 5.53. The third kappa shape index (κ3) is 7.25. The number of nitrogens with zero attached hydrogens (tertiary/aromatic N) is 4. The molecule has 1 fully saturated rings. The number of ether oxygens (including phenoxy) is 2. The number of aromatic nitrogens is 2. The molecule has 0 saturated carbocycles. The average Bonchev–Trinajstić information content (AvgIpc) is 3.10. The molecule has 15 nitrogen and oxygen atoms in total. The van der Waals surface area contributed by atoms with E-state index in [1.807, 2.05) is 4.98 Å². The van der Waals surface area contributed by atoms with Crippen LogP contribution in [0.2, 0.25) is 10.0 Å². The van der Waals surface area contributed by atoms with E-state index in [-0.39, 0.29) is 15.8 Å². The number of benzene rings is 1. The number of nitrogens with one attached hydrogen (secondary N) is 2. The van der Waals surface area contributed by atoms with Crippen LogP contribution in [0.1, 0.15) is 33.9 Å². The van der Waals surface area contributed by atoms with Gasteiger partial charge in [0.1, 0.15) is 23.4 Å². The summed E-state index contributed by atoms with van der Waals surface area (Å²) in [5, 5.41) is 17.4. The van der Waals surface area contributed by atoms with Crippen LogP contribution >= 0.6 is 30.9 Å². The monoisotopic (exact) mass is 620 g/mol. The molecule has 218 valence electrons. The fourth-order valence-electron chi connectivity index (χ4n) is 3.75. The highest BCUT2D eigenvalue weighted by molar-refractivity contribution is 7.52. The Morgan fingerprint density at radius 1 is 1.32 bits per heavy atom. The van der Waals surface area contributed by atoms with Crippen molar-refractivity contribution in [3.63, 3.8) is 0 Å². The molecule has 3 N–H and O–H groups in total. The van der Waals surface area contributed by atoms with E-state index in [1.54, 1.807) is 13.8 Å². The molecule has 2 heterocycles. The average molecular weight is 621 g/mol. The van der Waals surface area contributed by atoms with Gasteiger partial charge in [0.2, 0.25) is 0 Å². The van der Waals surface area contributed by atoms with Crippen LogP contribution < -0.4 is 20.9 Å². The van der Waals surface area contributed by atoms with E-state index in [0.29, 0.717) is 0 Å². The van der Waals surface area contributed by atoms with Crippen LogP contribution in [0.3, 0.4) is 0 Å². The number of carbonyl (C=O) groups is 1. The number of hydrogen-bond acceptors (Lipinski definition) is 10. The van der Waals surface area contributed by atoms with Crippen LogP contribution in [-0.2, 0) is 23.4 Å². The van der Waals surface area contributed by atoms with Crippen LogP contribution in [0.25, 0.3) is 10.4 Å². The Morgan fingerprint density at radius 2 is 2.02 bits per heavy atom. The molecule has 0 radical (unpaired) electrons. The molecular formula is C22H27Cl2N6O9P. The number of azide groups is 1. The first-order valence-electron chi connectivity index (χ1n) is 11.8. The minimum atomic E-state index is -4.44. The molecule has 6 atom stereocenters. The van der Waals surface area contributed by atoms with Crippen LogP contribution in [0.15, 0.2) is 45.2 Å². The van der Waals surface area contributed by atoms with E-state index < -0.39 is 67.7 Å². The van der Waals surface area contributed by atoms with Gasteiger partial charge < -0.3 is 19.1 Å². The standard InChI is InChI=1S/C22H27Cl2N6O9P/c1-11(2)37-19(33)12(3)27-40(35,39-13-5-6-14(23)15(24)9-13)36-10-16-18(32)22(4,28-29-25)20(38-16)30-8-7-17(31)26-21(30)34/h5-9,11-12,16,18,20,32H,10H2,1-4H3,(H,27,35)(H,26,31,34)/t12-,16+,18+,20+,22+,40?/m0/s1. The van der Waals surface area contributed by atoms with Gasteiger partial charge in [-0.2, -0.15) is 5.09 Å². The maximum atomic E-state index is 13.8. The smallest absolute Gasteiger partial charge is 0.459 e. The normalized spacial score (nSPS) is 24.6. The van der Waals surface area contributed by atoms with Gasteiger partial charge in [-0.15, -0.1) is 0 Å². The highest BCUT2D eigenvalue weighted by Crippen LogP contribution is 2.48. The minimum absolute atomic E-state index is 0.0286. The number of hydrogen-bond donors (Lipinski definition) is 3. The third-order valence-electron chi connectivity index (χ3n) is 5.70. The van der Waals surface area contributed by atoms with E-state index in [2.05, 4.69) is 15.1 Å². The summed E-state index contributed by atoms with van der Waals surface area (Å²) in [7, 11) is -4.44. The van der Waals surface area contributed by atoms with Gasteiger partial charge in [-0.3, -0.25) is 23.7 Å². The highest BCUT2D eigenvalue weighted by atomic mass is 35.5. The molecule has 1 aliphatic rings. The Hall–Kier alpha value is -2.87. The van der Waals surface area contributed by atoms with Crippen LogP contribution in [-0.4, -0.2) is 57.1 Å². The molecule has 0 aliphatic carbocycles. The zero-order valence-electron chi connectivity index (χ0n) is 21.7. The number of aromatic amines is 1. The minimum Gasteiger partial charge on any atom is -0.462 e. The van der Waals surface area contributed by atoms with Crippen molar-refractivity contribution in [2.24, 2.45) is 5.11 Å². The van der Waals surface area contributed by atoms with Gasteiger partial charge in [0, 0.05) is 23.2 Å². The summed E-state index contributed by atoms with van der Waals surface area (Å²) in [6.45, 7) is 5.34. The van der Waals surface area contributed by atoms with Crippen molar-refractivity contribution >= 4 is 36.9 Å². The van der Waals surface area contributed by atoms with Crippen molar-refractivity contribution < 1.29 is 33.0 Å². The molecule has 0 bridgehead atoms. The van der Waals surface area contributed by atoms with Gasteiger partial charge in [-0.05, 0) is 45.4 Å². The third-order valence-corrected chi connectivity index (χ3v) is 8.08. The number of aliphatic hydroxyl groups is 1. The first-order chi connectivity index (χ1) is 18.7. The number of carbonyl (C=O) groups excluding carboxylic acids is 1. The van der Waals surface area contributed by atoms with E-state index in [9.17, 15) is 24.1 Å². The summed E-state index contributed by atoms with van der Waals surface area (Å²) >= 11 is 12.0. The van der Waals surface area contributed by atoms with Crippen molar-refractivity contribution in [3.05, 3.63) is 71.8 Å². The van der Waals surface area contributed by atoms with Crippen molar-refractivity contribution in [1.82, 2.24) is 14.6 Å². The van der Waals surface area contributed by atoms with Gasteiger partial charge in [0.25, 0.3) is 5.56 Å². The molecule has 0 amide bonds. The van der Waals surface area contributed by atoms with Gasteiger partial charge in [-0.25, -0.2) is 9.36 Å². The van der Waals surface area contributed by atoms with Crippen LogP contribution in [0, 0.1) is 0 Å². The molecule has 1 aromatic carbocycles. The quantitative estimate of drug-likeness (QED) is 0.110. The molecule has 40 heavy (non-hydrogen) atoms. The molecule has 0 spiro atoms. The summed E-state index contributed by atoms with van der Waals surface area (Å²) in [4.78, 5) is 41.1. The lowest BCUT2D eigenvalue weighted by atomic mass is 9.93. The molecule has 1 saturated heterocycles. The van der Waals surface area contributed by atoms with Crippen LogP contribution in [0.5, 0.6) is 5.75 Å². The molecule has 3 rings (SSSR count). The Bertz CT molecular complexity index is 1460. The Balaban J connectivity index is 1.90. The SMILES string of the molecule is CC(C)OC(=O)[C@H](C)NP(=O)(OC[C@H]1O[C@@H](n2ccc(=O)[nH]c2=O)[C@](C)(N=[N+]=[N-])[C@@H]1O)Oc1ccc(Cl)c(Cl)c1. The lowest BCUT2D eigenvalue weighted by molar-refractivity contribution is -0.149. The number of halogens is 2. The van der Waals surface area contributed by atoms with Crippen LogP contribution in [0.4, 0.5) is 0 Å².